The maximum atomic E-state index is 12.7. The van der Waals surface area contributed by atoms with Crippen molar-refractivity contribution in [3.05, 3.63) is 65.6 Å². The molecule has 1 saturated heterocycles. The molecule has 1 N–H and O–H groups in total. The minimum absolute atomic E-state index is 0.00901. The van der Waals surface area contributed by atoms with Crippen molar-refractivity contribution in [3.8, 4) is 17.2 Å². The Kier molecular flexibility index (Phi) is 7.39. The van der Waals surface area contributed by atoms with Crippen molar-refractivity contribution in [2.24, 2.45) is 5.92 Å². The first-order valence-electron chi connectivity index (χ1n) is 11.1. The van der Waals surface area contributed by atoms with E-state index in [1.54, 1.807) is 30.3 Å². The van der Waals surface area contributed by atoms with Crippen LogP contribution in [0.15, 0.2) is 64.4 Å². The molecule has 34 heavy (non-hydrogen) atoms. The zero-order chi connectivity index (χ0) is 24.0. The first-order valence-corrected chi connectivity index (χ1v) is 12.6. The van der Waals surface area contributed by atoms with E-state index in [2.05, 4.69) is 15.5 Å². The lowest BCUT2D eigenvalue weighted by Gasteiger charge is -2.29. The Morgan fingerprint density at radius 1 is 1.12 bits per heavy atom. The van der Waals surface area contributed by atoms with Gasteiger partial charge in [-0.05, 0) is 55.7 Å². The second-order valence-corrected chi connectivity index (χ2v) is 9.61. The van der Waals surface area contributed by atoms with Gasteiger partial charge in [0.1, 0.15) is 5.75 Å². The number of nitrogens with one attached hydrogen (secondary N) is 1. The zero-order valence-electron chi connectivity index (χ0n) is 18.8. The fourth-order valence-electron chi connectivity index (χ4n) is 3.65. The van der Waals surface area contributed by atoms with Gasteiger partial charge in [0.15, 0.2) is 0 Å². The predicted octanol–water partition coefficient (Wildman–Crippen LogP) is 3.79. The number of amides is 1. The highest BCUT2D eigenvalue weighted by Crippen LogP contribution is 2.25. The predicted molar refractivity (Wildman–Crippen MR) is 128 cm³/mol. The number of carbonyl (C=O) groups is 1. The van der Waals surface area contributed by atoms with E-state index in [0.717, 1.165) is 11.3 Å². The molecule has 2 heterocycles. The normalized spacial score (nSPS) is 15.4. The van der Waals surface area contributed by atoms with Crippen LogP contribution in [-0.4, -0.2) is 48.5 Å². The number of aromatic nitrogens is 2. The zero-order valence-corrected chi connectivity index (χ0v) is 19.6. The molecule has 0 unspecified atom stereocenters. The van der Waals surface area contributed by atoms with Crippen LogP contribution in [0.1, 0.15) is 25.3 Å². The molecule has 1 aromatic heterocycles. The van der Waals surface area contributed by atoms with E-state index in [1.165, 1.54) is 9.71 Å². The molecule has 0 atom stereocenters. The van der Waals surface area contributed by atoms with Crippen LogP contribution in [0.3, 0.4) is 0 Å². The average molecular weight is 483 g/mol. The van der Waals surface area contributed by atoms with E-state index in [9.17, 15) is 13.2 Å². The van der Waals surface area contributed by atoms with E-state index in [0.29, 0.717) is 25.0 Å². The van der Waals surface area contributed by atoms with Gasteiger partial charge in [-0.25, -0.2) is 8.42 Å². The van der Waals surface area contributed by atoms with Crippen molar-refractivity contribution in [2.75, 3.05) is 25.0 Å². The van der Waals surface area contributed by atoms with Crippen LogP contribution in [0.4, 0.5) is 6.01 Å². The Bertz CT molecular complexity index is 1230. The van der Waals surface area contributed by atoms with Crippen LogP contribution in [-0.2, 0) is 14.8 Å². The molecule has 0 radical (unpaired) electrons. The van der Waals surface area contributed by atoms with Gasteiger partial charge in [0, 0.05) is 30.0 Å². The summed E-state index contributed by atoms with van der Waals surface area (Å²) in [6, 6.07) is 16.5. The van der Waals surface area contributed by atoms with Crippen LogP contribution in [0.25, 0.3) is 17.5 Å². The third kappa shape index (κ3) is 5.89. The van der Waals surface area contributed by atoms with Gasteiger partial charge >= 0.3 is 6.01 Å². The molecule has 1 fully saturated rings. The molecule has 0 spiro atoms. The summed E-state index contributed by atoms with van der Waals surface area (Å²) in [6.45, 7) is 3.01. The number of rotatable bonds is 8. The molecule has 1 amide bonds. The summed E-state index contributed by atoms with van der Waals surface area (Å²) in [7, 11) is -3.55. The number of nitrogens with zero attached hydrogens (tertiary/aromatic N) is 3. The minimum atomic E-state index is -3.55. The SMILES string of the molecule is CCOc1ccc(-c2nnc(NC(=O)C3CCN(S(=O)(=O)/C=C/c4ccccc4)CC3)o2)cc1. The van der Waals surface area contributed by atoms with E-state index in [1.807, 2.05) is 37.3 Å². The summed E-state index contributed by atoms with van der Waals surface area (Å²) in [5.74, 6) is 0.414. The fourth-order valence-corrected chi connectivity index (χ4v) is 4.87. The lowest BCUT2D eigenvalue weighted by atomic mass is 9.97. The monoisotopic (exact) mass is 482 g/mol. The highest BCUT2D eigenvalue weighted by atomic mass is 32.2. The summed E-state index contributed by atoms with van der Waals surface area (Å²) in [5.41, 5.74) is 1.52. The van der Waals surface area contributed by atoms with Crippen molar-refractivity contribution in [1.29, 1.82) is 0 Å². The molecule has 10 heteroatoms. The van der Waals surface area contributed by atoms with Crippen molar-refractivity contribution < 1.29 is 22.4 Å². The minimum Gasteiger partial charge on any atom is -0.494 e. The number of piperidine rings is 1. The van der Waals surface area contributed by atoms with Crippen LogP contribution in [0, 0.1) is 5.92 Å². The summed E-state index contributed by atoms with van der Waals surface area (Å²) >= 11 is 0. The topological polar surface area (TPSA) is 115 Å². The van der Waals surface area contributed by atoms with Crippen LogP contribution in [0.2, 0.25) is 0 Å². The van der Waals surface area contributed by atoms with Gasteiger partial charge in [-0.1, -0.05) is 35.4 Å². The second-order valence-electron chi connectivity index (χ2n) is 7.79. The largest absolute Gasteiger partial charge is 0.494 e. The molecule has 1 aliphatic heterocycles. The maximum absolute atomic E-state index is 12.7. The van der Waals surface area contributed by atoms with Gasteiger partial charge in [-0.3, -0.25) is 10.1 Å². The molecule has 0 saturated carbocycles. The average Bonchev–Trinajstić information content (AvgIpc) is 3.33. The Hall–Kier alpha value is -3.50. The van der Waals surface area contributed by atoms with Gasteiger partial charge in [0.25, 0.3) is 0 Å². The summed E-state index contributed by atoms with van der Waals surface area (Å²) < 4.78 is 37.6. The molecular formula is C24H26N4O5S. The number of sulfonamides is 1. The van der Waals surface area contributed by atoms with Crippen molar-refractivity contribution in [3.63, 3.8) is 0 Å². The molecule has 178 valence electrons. The molecule has 4 rings (SSSR count). The number of carbonyl (C=O) groups excluding carboxylic acids is 1. The molecule has 9 nitrogen and oxygen atoms in total. The van der Waals surface area contributed by atoms with Gasteiger partial charge in [0.2, 0.25) is 21.8 Å². The third-order valence-corrected chi connectivity index (χ3v) is 7.05. The van der Waals surface area contributed by atoms with E-state index in [4.69, 9.17) is 9.15 Å². The lowest BCUT2D eigenvalue weighted by molar-refractivity contribution is -0.121. The summed E-state index contributed by atoms with van der Waals surface area (Å²) in [4.78, 5) is 12.7. The van der Waals surface area contributed by atoms with E-state index >= 15 is 0 Å². The summed E-state index contributed by atoms with van der Waals surface area (Å²) in [6.07, 6.45) is 2.39. The maximum Gasteiger partial charge on any atom is 0.322 e. The number of benzene rings is 2. The quantitative estimate of drug-likeness (QED) is 0.519. The Morgan fingerprint density at radius 2 is 1.82 bits per heavy atom. The van der Waals surface area contributed by atoms with Crippen LogP contribution < -0.4 is 10.1 Å². The summed E-state index contributed by atoms with van der Waals surface area (Å²) in [5, 5.41) is 11.7. The Balaban J connectivity index is 1.30. The van der Waals surface area contributed by atoms with E-state index < -0.39 is 10.0 Å². The van der Waals surface area contributed by atoms with Gasteiger partial charge in [-0.2, -0.15) is 4.31 Å². The molecule has 2 aromatic carbocycles. The third-order valence-electron chi connectivity index (χ3n) is 5.48. The second kappa shape index (κ2) is 10.6. The standard InChI is InChI=1S/C24H26N4O5S/c1-2-32-21-10-8-20(9-11-21)23-26-27-24(33-23)25-22(29)19-12-15-28(16-13-19)34(30,31)17-14-18-6-4-3-5-7-18/h3-11,14,17,19H,2,12-13,15-16H2,1H3,(H,25,27,29)/b17-14+. The number of ether oxygens (including phenoxy) is 1. The first-order chi connectivity index (χ1) is 16.4. The Morgan fingerprint density at radius 3 is 2.50 bits per heavy atom. The highest BCUT2D eigenvalue weighted by Gasteiger charge is 2.30. The molecule has 0 bridgehead atoms. The highest BCUT2D eigenvalue weighted by molar-refractivity contribution is 7.92. The van der Waals surface area contributed by atoms with Gasteiger partial charge < -0.3 is 9.15 Å². The fraction of sp³-hybridized carbons (Fsp3) is 0.292. The van der Waals surface area contributed by atoms with Crippen molar-refractivity contribution in [1.82, 2.24) is 14.5 Å². The molecule has 0 aliphatic carbocycles. The smallest absolute Gasteiger partial charge is 0.322 e. The lowest BCUT2D eigenvalue weighted by Crippen LogP contribution is -2.40. The van der Waals surface area contributed by atoms with Crippen LogP contribution in [0.5, 0.6) is 5.75 Å². The Labute approximate surface area is 198 Å². The van der Waals surface area contributed by atoms with Gasteiger partial charge in [0.05, 0.1) is 6.61 Å². The first kappa shape index (κ1) is 23.7. The van der Waals surface area contributed by atoms with Crippen molar-refractivity contribution in [2.45, 2.75) is 19.8 Å². The molecular weight excluding hydrogens is 456 g/mol. The molecule has 1 aliphatic rings. The number of hydrogen-bond donors (Lipinski definition) is 1. The van der Waals surface area contributed by atoms with Crippen molar-refractivity contribution >= 4 is 28.0 Å². The number of anilines is 1. The number of hydrogen-bond acceptors (Lipinski definition) is 7. The van der Waals surface area contributed by atoms with Crippen LogP contribution >= 0.6 is 0 Å². The van der Waals surface area contributed by atoms with Gasteiger partial charge in [-0.15, -0.1) is 5.10 Å². The van der Waals surface area contributed by atoms with E-state index in [-0.39, 0.29) is 36.8 Å². The molecule has 3 aromatic rings.